The number of amides is 1. The Labute approximate surface area is 77.8 Å². The number of nitrogens with two attached hydrogens (primary N) is 2. The molecule has 5 heteroatoms. The van der Waals surface area contributed by atoms with Gasteiger partial charge >= 0.3 is 0 Å². The van der Waals surface area contributed by atoms with Gasteiger partial charge in [0, 0.05) is 11.3 Å². The van der Waals surface area contributed by atoms with Crippen LogP contribution in [0.2, 0.25) is 0 Å². The summed E-state index contributed by atoms with van der Waals surface area (Å²) in [5.74, 6) is -0.424. The van der Waals surface area contributed by atoms with E-state index >= 15 is 0 Å². The molecule has 76 valence electrons. The molecule has 0 aliphatic heterocycles. The summed E-state index contributed by atoms with van der Waals surface area (Å²) >= 11 is 0. The van der Waals surface area contributed by atoms with Gasteiger partial charge in [0.25, 0.3) is 0 Å². The fourth-order valence-corrected chi connectivity index (χ4v) is 1.07. The SMILES string of the molecule is CC(CC(C)(C)C(N)=O)C(N)=NO. The summed E-state index contributed by atoms with van der Waals surface area (Å²) in [5, 5.41) is 11.3. The Balaban J connectivity index is 4.36. The van der Waals surface area contributed by atoms with Crippen molar-refractivity contribution in [3.8, 4) is 0 Å². The molecule has 0 spiro atoms. The highest BCUT2D eigenvalue weighted by Gasteiger charge is 2.28. The summed E-state index contributed by atoms with van der Waals surface area (Å²) < 4.78 is 0. The van der Waals surface area contributed by atoms with E-state index in [0.717, 1.165) is 0 Å². The van der Waals surface area contributed by atoms with Crippen molar-refractivity contribution in [2.75, 3.05) is 0 Å². The zero-order valence-corrected chi connectivity index (χ0v) is 8.24. The first-order chi connectivity index (χ1) is 5.81. The normalized spacial score (nSPS) is 15.5. The van der Waals surface area contributed by atoms with Crippen molar-refractivity contribution in [3.05, 3.63) is 0 Å². The van der Waals surface area contributed by atoms with Gasteiger partial charge in [0.1, 0.15) is 5.84 Å². The molecule has 0 aromatic heterocycles. The average molecular weight is 187 g/mol. The standard InChI is InChI=1S/C8H17N3O2/c1-5(6(9)11-13)4-8(2,3)7(10)12/h5,13H,4H2,1-3H3,(H2,9,11)(H2,10,12). The van der Waals surface area contributed by atoms with E-state index in [1.165, 1.54) is 0 Å². The maximum absolute atomic E-state index is 10.9. The molecule has 0 aliphatic rings. The number of amidine groups is 1. The molecule has 0 aliphatic carbocycles. The van der Waals surface area contributed by atoms with Gasteiger partial charge in [0.05, 0.1) is 0 Å². The topological polar surface area (TPSA) is 102 Å². The van der Waals surface area contributed by atoms with Crippen molar-refractivity contribution in [1.29, 1.82) is 0 Å². The molecule has 5 nitrogen and oxygen atoms in total. The van der Waals surface area contributed by atoms with Crippen molar-refractivity contribution < 1.29 is 10.0 Å². The maximum atomic E-state index is 10.9. The smallest absolute Gasteiger partial charge is 0.223 e. The second-order valence-electron chi connectivity index (χ2n) is 3.88. The second-order valence-corrected chi connectivity index (χ2v) is 3.88. The minimum atomic E-state index is -0.630. The van der Waals surface area contributed by atoms with E-state index in [-0.39, 0.29) is 17.7 Å². The van der Waals surface area contributed by atoms with Crippen molar-refractivity contribution in [2.45, 2.75) is 27.2 Å². The third kappa shape index (κ3) is 3.31. The van der Waals surface area contributed by atoms with E-state index < -0.39 is 5.41 Å². The Kier molecular flexibility index (Phi) is 3.71. The fraction of sp³-hybridized carbons (Fsp3) is 0.750. The van der Waals surface area contributed by atoms with Crippen LogP contribution < -0.4 is 11.5 Å². The lowest BCUT2D eigenvalue weighted by atomic mass is 9.82. The summed E-state index contributed by atoms with van der Waals surface area (Å²) in [5.41, 5.74) is 9.92. The molecule has 0 saturated carbocycles. The molecule has 0 aromatic rings. The summed E-state index contributed by atoms with van der Waals surface area (Å²) in [7, 11) is 0. The minimum absolute atomic E-state index is 0.120. The van der Waals surface area contributed by atoms with E-state index in [0.29, 0.717) is 6.42 Å². The third-order valence-electron chi connectivity index (χ3n) is 2.10. The first-order valence-electron chi connectivity index (χ1n) is 4.08. The van der Waals surface area contributed by atoms with Crippen LogP contribution in [0.1, 0.15) is 27.2 Å². The van der Waals surface area contributed by atoms with Crippen LogP contribution in [0.25, 0.3) is 0 Å². The third-order valence-corrected chi connectivity index (χ3v) is 2.10. The Hall–Kier alpha value is -1.26. The predicted octanol–water partition coefficient (Wildman–Crippen LogP) is 0.270. The molecule has 0 fully saturated rings. The summed E-state index contributed by atoms with van der Waals surface area (Å²) in [6.07, 6.45) is 0.470. The molecule has 1 atom stereocenters. The van der Waals surface area contributed by atoms with Crippen molar-refractivity contribution in [3.63, 3.8) is 0 Å². The number of nitrogens with zero attached hydrogens (tertiary/aromatic N) is 1. The van der Waals surface area contributed by atoms with Crippen LogP contribution in [0.5, 0.6) is 0 Å². The largest absolute Gasteiger partial charge is 0.409 e. The number of carbonyl (C=O) groups is 1. The van der Waals surface area contributed by atoms with E-state index in [4.69, 9.17) is 16.7 Å². The number of oxime groups is 1. The van der Waals surface area contributed by atoms with E-state index in [1.807, 2.05) is 0 Å². The van der Waals surface area contributed by atoms with Gasteiger partial charge in [-0.1, -0.05) is 25.9 Å². The lowest BCUT2D eigenvalue weighted by Crippen LogP contribution is -2.36. The van der Waals surface area contributed by atoms with Crippen molar-refractivity contribution in [2.24, 2.45) is 28.0 Å². The summed E-state index contributed by atoms with van der Waals surface area (Å²) in [6.45, 7) is 5.24. The molecule has 0 heterocycles. The zero-order valence-electron chi connectivity index (χ0n) is 8.24. The van der Waals surface area contributed by atoms with Gasteiger partial charge in [-0.05, 0) is 6.42 Å². The van der Waals surface area contributed by atoms with Crippen molar-refractivity contribution >= 4 is 11.7 Å². The summed E-state index contributed by atoms with van der Waals surface area (Å²) in [6, 6.07) is 0. The first kappa shape index (κ1) is 11.7. The van der Waals surface area contributed by atoms with Gasteiger partial charge in [-0.2, -0.15) is 0 Å². The van der Waals surface area contributed by atoms with Gasteiger partial charge < -0.3 is 16.7 Å². The quantitative estimate of drug-likeness (QED) is 0.255. The minimum Gasteiger partial charge on any atom is -0.409 e. The van der Waals surface area contributed by atoms with E-state index in [2.05, 4.69) is 5.16 Å². The highest BCUT2D eigenvalue weighted by Crippen LogP contribution is 2.24. The van der Waals surface area contributed by atoms with Crippen LogP contribution in [0.4, 0.5) is 0 Å². The van der Waals surface area contributed by atoms with Gasteiger partial charge in [0.15, 0.2) is 0 Å². The van der Waals surface area contributed by atoms with Gasteiger partial charge in [-0.15, -0.1) is 0 Å². The van der Waals surface area contributed by atoms with Gasteiger partial charge in [-0.3, -0.25) is 4.79 Å². The Morgan fingerprint density at radius 1 is 1.54 bits per heavy atom. The van der Waals surface area contributed by atoms with Crippen LogP contribution in [0.15, 0.2) is 5.16 Å². The number of hydrogen-bond acceptors (Lipinski definition) is 3. The molecular weight excluding hydrogens is 170 g/mol. The molecule has 5 N–H and O–H groups in total. The molecule has 0 rings (SSSR count). The Morgan fingerprint density at radius 2 is 2.00 bits per heavy atom. The lowest BCUT2D eigenvalue weighted by molar-refractivity contribution is -0.126. The van der Waals surface area contributed by atoms with Crippen LogP contribution in [0.3, 0.4) is 0 Å². The molecule has 1 unspecified atom stereocenters. The lowest BCUT2D eigenvalue weighted by Gasteiger charge is -2.23. The number of carbonyl (C=O) groups excluding carboxylic acids is 1. The monoisotopic (exact) mass is 187 g/mol. The van der Waals surface area contributed by atoms with Gasteiger partial charge in [-0.25, -0.2) is 0 Å². The average Bonchev–Trinajstić information content (AvgIpc) is 2.01. The predicted molar refractivity (Wildman–Crippen MR) is 50.2 cm³/mol. The van der Waals surface area contributed by atoms with Crippen molar-refractivity contribution in [1.82, 2.24) is 0 Å². The van der Waals surface area contributed by atoms with Crippen LogP contribution in [-0.2, 0) is 4.79 Å². The van der Waals surface area contributed by atoms with E-state index in [9.17, 15) is 4.79 Å². The van der Waals surface area contributed by atoms with Crippen LogP contribution >= 0.6 is 0 Å². The highest BCUT2D eigenvalue weighted by atomic mass is 16.4. The molecular formula is C8H17N3O2. The van der Waals surface area contributed by atoms with Gasteiger partial charge in [0.2, 0.25) is 5.91 Å². The number of hydrogen-bond donors (Lipinski definition) is 3. The number of primary amides is 1. The molecule has 0 aromatic carbocycles. The second kappa shape index (κ2) is 4.11. The summed E-state index contributed by atoms with van der Waals surface area (Å²) in [4.78, 5) is 10.9. The zero-order chi connectivity index (χ0) is 10.6. The molecule has 0 radical (unpaired) electrons. The number of rotatable bonds is 4. The maximum Gasteiger partial charge on any atom is 0.223 e. The molecule has 13 heavy (non-hydrogen) atoms. The Bertz CT molecular complexity index is 223. The van der Waals surface area contributed by atoms with Crippen LogP contribution in [0, 0.1) is 11.3 Å². The molecule has 0 bridgehead atoms. The van der Waals surface area contributed by atoms with E-state index in [1.54, 1.807) is 20.8 Å². The van der Waals surface area contributed by atoms with Crippen LogP contribution in [-0.4, -0.2) is 17.0 Å². The molecule has 1 amide bonds. The Morgan fingerprint density at radius 3 is 2.31 bits per heavy atom. The molecule has 0 saturated heterocycles. The first-order valence-corrected chi connectivity index (χ1v) is 4.08. The fourth-order valence-electron chi connectivity index (χ4n) is 1.07. The highest BCUT2D eigenvalue weighted by molar-refractivity contribution is 5.84.